The monoisotopic (exact) mass is 335 g/mol. The fraction of sp³-hybridized carbons (Fsp3) is 0.889. The lowest BCUT2D eigenvalue weighted by atomic mass is 9.79. The van der Waals surface area contributed by atoms with Gasteiger partial charge in [-0.25, -0.2) is 0 Å². The Morgan fingerprint density at radius 1 is 1.42 bits per heavy atom. The van der Waals surface area contributed by atoms with E-state index in [2.05, 4.69) is 34.3 Å². The molecule has 6 nitrogen and oxygen atoms in total. The van der Waals surface area contributed by atoms with Crippen molar-refractivity contribution in [2.75, 3.05) is 52.4 Å². The van der Waals surface area contributed by atoms with Crippen LogP contribution in [0.3, 0.4) is 0 Å². The third-order valence-electron chi connectivity index (χ3n) is 5.81. The molecular formula is C18H33N5O. The van der Waals surface area contributed by atoms with Crippen LogP contribution in [0.2, 0.25) is 0 Å². The van der Waals surface area contributed by atoms with Crippen LogP contribution in [0.25, 0.3) is 0 Å². The van der Waals surface area contributed by atoms with E-state index in [0.29, 0.717) is 12.3 Å². The third kappa shape index (κ3) is 4.02. The Balaban J connectivity index is 1.62. The second kappa shape index (κ2) is 7.72. The first-order valence-electron chi connectivity index (χ1n) is 9.66. The van der Waals surface area contributed by atoms with Crippen LogP contribution < -0.4 is 10.6 Å². The van der Waals surface area contributed by atoms with Gasteiger partial charge in [0, 0.05) is 51.1 Å². The van der Waals surface area contributed by atoms with E-state index < -0.39 is 0 Å². The molecule has 0 aromatic heterocycles. The quantitative estimate of drug-likeness (QED) is 0.592. The molecule has 0 aromatic rings. The summed E-state index contributed by atoms with van der Waals surface area (Å²) in [6, 6.07) is 0. The molecule has 3 saturated heterocycles. The van der Waals surface area contributed by atoms with Crippen molar-refractivity contribution < 1.29 is 4.79 Å². The van der Waals surface area contributed by atoms with Gasteiger partial charge >= 0.3 is 0 Å². The summed E-state index contributed by atoms with van der Waals surface area (Å²) in [4.78, 5) is 21.6. The molecule has 0 aliphatic carbocycles. The second-order valence-electron chi connectivity index (χ2n) is 7.72. The van der Waals surface area contributed by atoms with Crippen molar-refractivity contribution in [2.45, 2.75) is 39.5 Å². The van der Waals surface area contributed by atoms with E-state index in [9.17, 15) is 4.79 Å². The molecule has 3 aliphatic rings. The first kappa shape index (κ1) is 17.5. The number of carbonyl (C=O) groups excluding carboxylic acids is 1. The van der Waals surface area contributed by atoms with Crippen LogP contribution in [0, 0.1) is 11.3 Å². The first-order chi connectivity index (χ1) is 11.6. The number of amides is 1. The molecule has 3 fully saturated rings. The molecule has 136 valence electrons. The summed E-state index contributed by atoms with van der Waals surface area (Å²) in [7, 11) is 0. The van der Waals surface area contributed by atoms with Gasteiger partial charge in [-0.1, -0.05) is 6.92 Å². The summed E-state index contributed by atoms with van der Waals surface area (Å²) >= 11 is 0. The molecule has 2 unspecified atom stereocenters. The van der Waals surface area contributed by atoms with E-state index in [1.807, 2.05) is 0 Å². The Kier molecular flexibility index (Phi) is 5.64. The molecule has 3 heterocycles. The zero-order valence-electron chi connectivity index (χ0n) is 15.3. The van der Waals surface area contributed by atoms with Crippen LogP contribution in [0.15, 0.2) is 4.99 Å². The number of nitrogens with one attached hydrogen (secondary N) is 2. The Labute approximate surface area is 146 Å². The van der Waals surface area contributed by atoms with Gasteiger partial charge in [-0.15, -0.1) is 0 Å². The van der Waals surface area contributed by atoms with Crippen LogP contribution >= 0.6 is 0 Å². The molecular weight excluding hydrogens is 302 g/mol. The number of carbonyl (C=O) groups is 1. The number of rotatable bonds is 4. The number of aliphatic imine (C=N–C) groups is 1. The van der Waals surface area contributed by atoms with Crippen molar-refractivity contribution >= 4 is 11.9 Å². The van der Waals surface area contributed by atoms with E-state index in [-0.39, 0.29) is 11.3 Å². The predicted octanol–water partition coefficient (Wildman–Crippen LogP) is 0.896. The van der Waals surface area contributed by atoms with E-state index in [1.165, 1.54) is 19.5 Å². The largest absolute Gasteiger partial charge is 0.357 e. The average molecular weight is 335 g/mol. The molecule has 2 N–H and O–H groups in total. The molecule has 24 heavy (non-hydrogen) atoms. The first-order valence-corrected chi connectivity index (χ1v) is 9.66. The molecule has 0 saturated carbocycles. The highest BCUT2D eigenvalue weighted by atomic mass is 16.1. The van der Waals surface area contributed by atoms with Crippen LogP contribution in [-0.4, -0.2) is 74.0 Å². The van der Waals surface area contributed by atoms with Gasteiger partial charge in [0.25, 0.3) is 0 Å². The summed E-state index contributed by atoms with van der Waals surface area (Å²) in [6.45, 7) is 12.5. The van der Waals surface area contributed by atoms with Crippen molar-refractivity contribution in [1.29, 1.82) is 0 Å². The van der Waals surface area contributed by atoms with Crippen LogP contribution in [0.1, 0.15) is 39.5 Å². The molecule has 1 amide bonds. The maximum atomic E-state index is 11.7. The topological polar surface area (TPSA) is 60.0 Å². The minimum atomic E-state index is 0.123. The van der Waals surface area contributed by atoms with Crippen LogP contribution in [-0.2, 0) is 4.79 Å². The van der Waals surface area contributed by atoms with Gasteiger partial charge < -0.3 is 20.4 Å². The molecule has 0 bridgehead atoms. The molecule has 6 heteroatoms. The van der Waals surface area contributed by atoms with Gasteiger partial charge in [0.1, 0.15) is 0 Å². The minimum Gasteiger partial charge on any atom is -0.357 e. The lowest BCUT2D eigenvalue weighted by molar-refractivity contribution is -0.119. The number of likely N-dealkylation sites (tertiary alicyclic amines) is 2. The Morgan fingerprint density at radius 3 is 2.96 bits per heavy atom. The lowest BCUT2D eigenvalue weighted by Crippen LogP contribution is -2.51. The van der Waals surface area contributed by atoms with Crippen molar-refractivity contribution in [3.63, 3.8) is 0 Å². The highest BCUT2D eigenvalue weighted by Crippen LogP contribution is 2.36. The van der Waals surface area contributed by atoms with Crippen LogP contribution in [0.5, 0.6) is 0 Å². The molecule has 0 aromatic carbocycles. The Morgan fingerprint density at radius 2 is 2.29 bits per heavy atom. The number of nitrogens with zero attached hydrogens (tertiary/aromatic N) is 3. The fourth-order valence-electron chi connectivity index (χ4n) is 4.42. The molecule has 3 rings (SSSR count). The van der Waals surface area contributed by atoms with Gasteiger partial charge in [0.05, 0.1) is 0 Å². The zero-order valence-corrected chi connectivity index (χ0v) is 15.3. The smallest absolute Gasteiger partial charge is 0.220 e. The molecule has 3 aliphatic heterocycles. The minimum absolute atomic E-state index is 0.123. The third-order valence-corrected chi connectivity index (χ3v) is 5.81. The van der Waals surface area contributed by atoms with Crippen molar-refractivity contribution in [3.05, 3.63) is 0 Å². The van der Waals surface area contributed by atoms with Crippen molar-refractivity contribution in [3.8, 4) is 0 Å². The summed E-state index contributed by atoms with van der Waals surface area (Å²) in [6.07, 6.45) is 4.23. The predicted molar refractivity (Wildman–Crippen MR) is 97.1 cm³/mol. The number of hydrogen-bond donors (Lipinski definition) is 2. The molecule has 1 spiro atoms. The number of piperidine rings is 1. The van der Waals surface area contributed by atoms with Gasteiger partial charge in [0.15, 0.2) is 5.96 Å². The zero-order chi connectivity index (χ0) is 17.0. The fourth-order valence-corrected chi connectivity index (χ4v) is 4.42. The lowest BCUT2D eigenvalue weighted by Gasteiger charge is -2.40. The van der Waals surface area contributed by atoms with Gasteiger partial charge in [-0.05, 0) is 45.2 Å². The standard InChI is InChI=1S/C18H33N5O/c1-3-19-17(20-11-15-6-9-22(4-2)12-15)23-8-5-7-18(14-23)10-16(24)21-13-18/h15H,3-14H2,1-2H3,(H,19,20)(H,21,24). The SMILES string of the molecule is CCNC(=NCC1CCN(CC)C1)N1CCCC2(CNC(=O)C2)C1. The second-order valence-corrected chi connectivity index (χ2v) is 7.72. The maximum absolute atomic E-state index is 11.7. The van der Waals surface area contributed by atoms with Gasteiger partial charge in [-0.2, -0.15) is 0 Å². The van der Waals surface area contributed by atoms with Gasteiger partial charge in [0.2, 0.25) is 5.91 Å². The van der Waals surface area contributed by atoms with Gasteiger partial charge in [-0.3, -0.25) is 9.79 Å². The average Bonchev–Trinajstić information content (AvgIpc) is 3.18. The highest BCUT2D eigenvalue weighted by Gasteiger charge is 2.42. The molecule has 2 atom stereocenters. The van der Waals surface area contributed by atoms with E-state index in [0.717, 1.165) is 58.1 Å². The van der Waals surface area contributed by atoms with E-state index in [1.54, 1.807) is 0 Å². The summed E-state index contributed by atoms with van der Waals surface area (Å²) in [5, 5.41) is 6.50. The van der Waals surface area contributed by atoms with E-state index >= 15 is 0 Å². The van der Waals surface area contributed by atoms with E-state index in [4.69, 9.17) is 4.99 Å². The van der Waals surface area contributed by atoms with Crippen molar-refractivity contribution in [2.24, 2.45) is 16.3 Å². The van der Waals surface area contributed by atoms with Crippen LogP contribution in [0.4, 0.5) is 0 Å². The highest BCUT2D eigenvalue weighted by molar-refractivity contribution is 5.81. The Hall–Kier alpha value is -1.30. The number of guanidine groups is 1. The molecule has 0 radical (unpaired) electrons. The summed E-state index contributed by atoms with van der Waals surface area (Å²) in [5.74, 6) is 1.95. The summed E-state index contributed by atoms with van der Waals surface area (Å²) in [5.41, 5.74) is 0.123. The maximum Gasteiger partial charge on any atom is 0.220 e. The Bertz CT molecular complexity index is 480. The van der Waals surface area contributed by atoms with Crippen molar-refractivity contribution in [1.82, 2.24) is 20.4 Å². The number of hydrogen-bond acceptors (Lipinski definition) is 3. The normalized spacial score (nSPS) is 31.8. The summed E-state index contributed by atoms with van der Waals surface area (Å²) < 4.78 is 0.